The van der Waals surface area contributed by atoms with Gasteiger partial charge in [-0.25, -0.2) is 4.39 Å². The summed E-state index contributed by atoms with van der Waals surface area (Å²) >= 11 is 0. The maximum absolute atomic E-state index is 13.3. The predicted octanol–water partition coefficient (Wildman–Crippen LogP) is 3.01. The SMILES string of the molecule is Cc1cccc(N2CCN(C(=O)c3cccc(F)c3)[C@H](C)C2=O)c1. The first-order chi connectivity index (χ1) is 11.5. The highest BCUT2D eigenvalue weighted by atomic mass is 19.1. The van der Waals surface area contributed by atoms with E-state index in [1.54, 1.807) is 17.9 Å². The summed E-state index contributed by atoms with van der Waals surface area (Å²) in [4.78, 5) is 28.5. The van der Waals surface area contributed by atoms with Gasteiger partial charge in [-0.15, -0.1) is 0 Å². The van der Waals surface area contributed by atoms with Crippen molar-refractivity contribution >= 4 is 17.5 Å². The number of aryl methyl sites for hydroxylation is 1. The van der Waals surface area contributed by atoms with Crippen LogP contribution in [0.25, 0.3) is 0 Å². The number of piperazine rings is 1. The molecule has 2 amide bonds. The number of benzene rings is 2. The fourth-order valence-electron chi connectivity index (χ4n) is 2.99. The highest BCUT2D eigenvalue weighted by molar-refractivity contribution is 6.03. The van der Waals surface area contributed by atoms with Gasteiger partial charge in [0, 0.05) is 24.3 Å². The van der Waals surface area contributed by atoms with Crippen molar-refractivity contribution in [2.24, 2.45) is 0 Å². The van der Waals surface area contributed by atoms with Crippen LogP contribution < -0.4 is 4.90 Å². The van der Waals surface area contributed by atoms with Crippen molar-refractivity contribution in [1.29, 1.82) is 0 Å². The highest BCUT2D eigenvalue weighted by Gasteiger charge is 2.35. The molecule has 0 aromatic heterocycles. The van der Waals surface area contributed by atoms with Gasteiger partial charge in [0.25, 0.3) is 5.91 Å². The fraction of sp³-hybridized carbons (Fsp3) is 0.263. The molecular formula is C19H19FN2O2. The number of hydrogen-bond donors (Lipinski definition) is 0. The van der Waals surface area contributed by atoms with Crippen LogP contribution in [0.2, 0.25) is 0 Å². The van der Waals surface area contributed by atoms with E-state index in [-0.39, 0.29) is 17.4 Å². The Kier molecular flexibility index (Phi) is 4.34. The van der Waals surface area contributed by atoms with Gasteiger partial charge in [-0.1, -0.05) is 18.2 Å². The molecule has 4 nitrogen and oxygen atoms in total. The van der Waals surface area contributed by atoms with Gasteiger partial charge in [0.15, 0.2) is 0 Å². The van der Waals surface area contributed by atoms with E-state index in [2.05, 4.69) is 0 Å². The lowest BCUT2D eigenvalue weighted by atomic mass is 10.1. The molecule has 1 saturated heterocycles. The number of hydrogen-bond acceptors (Lipinski definition) is 2. The molecule has 0 saturated carbocycles. The van der Waals surface area contributed by atoms with Gasteiger partial charge in [-0.2, -0.15) is 0 Å². The molecule has 1 heterocycles. The van der Waals surface area contributed by atoms with Gasteiger partial charge in [0.2, 0.25) is 5.91 Å². The third-order valence-electron chi connectivity index (χ3n) is 4.30. The van der Waals surface area contributed by atoms with Crippen LogP contribution in [0.3, 0.4) is 0 Å². The van der Waals surface area contributed by atoms with Crippen LogP contribution in [0.5, 0.6) is 0 Å². The summed E-state index contributed by atoms with van der Waals surface area (Å²) in [5.41, 5.74) is 2.18. The Morgan fingerprint density at radius 1 is 1.12 bits per heavy atom. The zero-order chi connectivity index (χ0) is 17.3. The third-order valence-corrected chi connectivity index (χ3v) is 4.30. The lowest BCUT2D eigenvalue weighted by Gasteiger charge is -2.39. The molecule has 2 aromatic carbocycles. The van der Waals surface area contributed by atoms with Crippen molar-refractivity contribution in [3.8, 4) is 0 Å². The average Bonchev–Trinajstić information content (AvgIpc) is 2.56. The molecule has 0 bridgehead atoms. The average molecular weight is 326 g/mol. The van der Waals surface area contributed by atoms with Crippen LogP contribution in [-0.2, 0) is 4.79 Å². The largest absolute Gasteiger partial charge is 0.325 e. The van der Waals surface area contributed by atoms with E-state index in [9.17, 15) is 14.0 Å². The minimum Gasteiger partial charge on any atom is -0.325 e. The molecule has 0 radical (unpaired) electrons. The van der Waals surface area contributed by atoms with Crippen molar-refractivity contribution < 1.29 is 14.0 Å². The monoisotopic (exact) mass is 326 g/mol. The third kappa shape index (κ3) is 3.02. The second-order valence-corrected chi connectivity index (χ2v) is 6.01. The van der Waals surface area contributed by atoms with Crippen molar-refractivity contribution in [3.05, 3.63) is 65.5 Å². The van der Waals surface area contributed by atoms with Gasteiger partial charge in [0.05, 0.1) is 0 Å². The van der Waals surface area contributed by atoms with Crippen LogP contribution in [0.4, 0.5) is 10.1 Å². The van der Waals surface area contributed by atoms with E-state index >= 15 is 0 Å². The Morgan fingerprint density at radius 2 is 1.88 bits per heavy atom. The summed E-state index contributed by atoms with van der Waals surface area (Å²) in [6.45, 7) is 4.52. The number of rotatable bonds is 2. The molecule has 0 spiro atoms. The Morgan fingerprint density at radius 3 is 2.58 bits per heavy atom. The van der Waals surface area contributed by atoms with Gasteiger partial charge in [-0.3, -0.25) is 9.59 Å². The topological polar surface area (TPSA) is 40.6 Å². The zero-order valence-electron chi connectivity index (χ0n) is 13.7. The molecule has 0 unspecified atom stereocenters. The van der Waals surface area contributed by atoms with Gasteiger partial charge in [-0.05, 0) is 49.7 Å². The minimum atomic E-state index is -0.588. The Hall–Kier alpha value is -2.69. The van der Waals surface area contributed by atoms with E-state index < -0.39 is 11.9 Å². The first-order valence-electron chi connectivity index (χ1n) is 7.92. The minimum absolute atomic E-state index is 0.128. The zero-order valence-corrected chi connectivity index (χ0v) is 13.7. The predicted molar refractivity (Wildman–Crippen MR) is 90.4 cm³/mol. The summed E-state index contributed by atoms with van der Waals surface area (Å²) in [6.07, 6.45) is 0. The van der Waals surface area contributed by atoms with E-state index in [0.29, 0.717) is 13.1 Å². The Bertz CT molecular complexity index is 790. The summed E-state index contributed by atoms with van der Waals surface area (Å²) in [5, 5.41) is 0. The standard InChI is InChI=1S/C19H19FN2O2/c1-13-5-3-8-17(11-13)22-10-9-21(14(2)18(22)23)19(24)15-6-4-7-16(20)12-15/h3-8,11-12,14H,9-10H2,1-2H3/t14-/m1/s1. The fourth-order valence-corrected chi connectivity index (χ4v) is 2.99. The maximum atomic E-state index is 13.3. The normalized spacial score (nSPS) is 18.0. The highest BCUT2D eigenvalue weighted by Crippen LogP contribution is 2.22. The number of carbonyl (C=O) groups excluding carboxylic acids is 2. The number of amides is 2. The molecule has 0 aliphatic carbocycles. The van der Waals surface area contributed by atoms with Gasteiger partial charge >= 0.3 is 0 Å². The molecule has 5 heteroatoms. The molecule has 1 atom stereocenters. The molecule has 1 aliphatic heterocycles. The molecule has 1 fully saturated rings. The molecular weight excluding hydrogens is 307 g/mol. The van der Waals surface area contributed by atoms with Crippen molar-refractivity contribution in [2.45, 2.75) is 19.9 Å². The van der Waals surface area contributed by atoms with Crippen LogP contribution in [0, 0.1) is 12.7 Å². The first-order valence-corrected chi connectivity index (χ1v) is 7.92. The van der Waals surface area contributed by atoms with Crippen molar-refractivity contribution in [3.63, 3.8) is 0 Å². The summed E-state index contributed by atoms with van der Waals surface area (Å²) < 4.78 is 13.3. The van der Waals surface area contributed by atoms with E-state index in [1.807, 2.05) is 31.2 Å². The van der Waals surface area contributed by atoms with Gasteiger partial charge < -0.3 is 9.80 Å². The second-order valence-electron chi connectivity index (χ2n) is 6.01. The second kappa shape index (κ2) is 6.43. The van der Waals surface area contributed by atoms with Gasteiger partial charge in [0.1, 0.15) is 11.9 Å². The molecule has 3 rings (SSSR count). The molecule has 124 valence electrons. The first kappa shape index (κ1) is 16.2. The van der Waals surface area contributed by atoms with E-state index in [1.165, 1.54) is 23.1 Å². The maximum Gasteiger partial charge on any atom is 0.254 e. The molecule has 2 aromatic rings. The van der Waals surface area contributed by atoms with Crippen molar-refractivity contribution in [1.82, 2.24) is 4.90 Å². The summed E-state index contributed by atoms with van der Waals surface area (Å²) in [5.74, 6) is -0.908. The molecule has 1 aliphatic rings. The number of halogens is 1. The van der Waals surface area contributed by atoms with Crippen LogP contribution in [0.1, 0.15) is 22.8 Å². The Balaban J connectivity index is 1.81. The summed E-state index contributed by atoms with van der Waals surface area (Å²) in [6, 6.07) is 12.7. The molecule has 0 N–H and O–H groups in total. The smallest absolute Gasteiger partial charge is 0.254 e. The quantitative estimate of drug-likeness (QED) is 0.851. The number of anilines is 1. The van der Waals surface area contributed by atoms with E-state index in [0.717, 1.165) is 11.3 Å². The lowest BCUT2D eigenvalue weighted by molar-refractivity contribution is -0.124. The van der Waals surface area contributed by atoms with Crippen LogP contribution >= 0.6 is 0 Å². The lowest BCUT2D eigenvalue weighted by Crippen LogP contribution is -2.57. The Labute approximate surface area is 140 Å². The van der Waals surface area contributed by atoms with Crippen LogP contribution in [0.15, 0.2) is 48.5 Å². The van der Waals surface area contributed by atoms with Crippen molar-refractivity contribution in [2.75, 3.05) is 18.0 Å². The molecule has 24 heavy (non-hydrogen) atoms. The number of carbonyl (C=O) groups is 2. The van der Waals surface area contributed by atoms with Crippen LogP contribution in [-0.4, -0.2) is 35.8 Å². The number of nitrogens with zero attached hydrogens (tertiary/aromatic N) is 2. The van der Waals surface area contributed by atoms with E-state index in [4.69, 9.17) is 0 Å². The summed E-state index contributed by atoms with van der Waals surface area (Å²) in [7, 11) is 0.